The summed E-state index contributed by atoms with van der Waals surface area (Å²) < 4.78 is 37.8. The number of morpholine rings is 2. The van der Waals surface area contributed by atoms with Crippen molar-refractivity contribution in [3.05, 3.63) is 71.3 Å². The van der Waals surface area contributed by atoms with E-state index < -0.39 is 0 Å². The molecule has 0 radical (unpaired) electrons. The predicted octanol–water partition coefficient (Wildman–Crippen LogP) is 3.71. The first kappa shape index (κ1) is 26.5. The number of ketones is 2. The maximum atomic E-state index is 13.5. The van der Waals surface area contributed by atoms with Crippen LogP contribution in [0.3, 0.4) is 0 Å². The van der Waals surface area contributed by atoms with Crippen LogP contribution in [0.2, 0.25) is 0 Å². The fraction of sp³-hybridized carbons (Fsp3) is 0.500. The number of carbonyl (C=O) groups is 2. The third-order valence-electron chi connectivity index (χ3n) is 7.03. The molecule has 6 nitrogen and oxygen atoms in total. The molecular weight excluding hydrogens is 466 g/mol. The molecule has 2 aliphatic rings. The largest absolute Gasteiger partial charge is 0.379 e. The number of benzene rings is 2. The average Bonchev–Trinajstić information content (AvgIpc) is 2.91. The van der Waals surface area contributed by atoms with Gasteiger partial charge in [-0.2, -0.15) is 0 Å². The maximum Gasteiger partial charge on any atom is 0.167 e. The van der Waals surface area contributed by atoms with Crippen LogP contribution in [0.4, 0.5) is 8.78 Å². The van der Waals surface area contributed by atoms with Crippen LogP contribution >= 0.6 is 0 Å². The molecule has 36 heavy (non-hydrogen) atoms. The van der Waals surface area contributed by atoms with Crippen LogP contribution in [0.5, 0.6) is 0 Å². The van der Waals surface area contributed by atoms with Crippen molar-refractivity contribution in [2.24, 2.45) is 11.8 Å². The molecule has 2 aromatic rings. The van der Waals surface area contributed by atoms with Gasteiger partial charge in [-0.15, -0.1) is 0 Å². The summed E-state index contributed by atoms with van der Waals surface area (Å²) >= 11 is 0. The van der Waals surface area contributed by atoms with Crippen molar-refractivity contribution in [1.82, 2.24) is 9.80 Å². The number of Topliss-reactive ketones (excluding diaryl/α,β-unsaturated/α-hetero) is 2. The van der Waals surface area contributed by atoms with Gasteiger partial charge in [0.1, 0.15) is 11.6 Å². The smallest absolute Gasteiger partial charge is 0.167 e. The van der Waals surface area contributed by atoms with Gasteiger partial charge in [-0.25, -0.2) is 8.78 Å². The number of ether oxygens (including phenoxy) is 2. The molecule has 2 heterocycles. The van der Waals surface area contributed by atoms with Crippen molar-refractivity contribution in [2.75, 3.05) is 65.7 Å². The lowest BCUT2D eigenvalue weighted by molar-refractivity contribution is 0.0254. The van der Waals surface area contributed by atoms with Crippen molar-refractivity contribution in [3.8, 4) is 0 Å². The minimum atomic E-state index is -0.383. The Morgan fingerprint density at radius 1 is 0.639 bits per heavy atom. The van der Waals surface area contributed by atoms with Crippen LogP contribution in [0.1, 0.15) is 33.6 Å². The lowest BCUT2D eigenvalue weighted by Gasteiger charge is -2.32. The predicted molar refractivity (Wildman–Crippen MR) is 132 cm³/mol. The highest BCUT2D eigenvalue weighted by Gasteiger charge is 2.29. The van der Waals surface area contributed by atoms with E-state index in [9.17, 15) is 18.4 Å². The number of nitrogens with zero attached hydrogens (tertiary/aromatic N) is 2. The third kappa shape index (κ3) is 7.49. The summed E-state index contributed by atoms with van der Waals surface area (Å²) in [5.74, 6) is -1.51. The Labute approximate surface area is 211 Å². The van der Waals surface area contributed by atoms with Crippen molar-refractivity contribution in [2.45, 2.75) is 12.8 Å². The van der Waals surface area contributed by atoms with E-state index in [-0.39, 0.29) is 35.0 Å². The monoisotopic (exact) mass is 500 g/mol. The third-order valence-corrected chi connectivity index (χ3v) is 7.03. The van der Waals surface area contributed by atoms with Gasteiger partial charge in [0.05, 0.1) is 26.4 Å². The normalized spacial score (nSPS) is 19.1. The number of hydrogen-bond acceptors (Lipinski definition) is 6. The molecular formula is C28H34F2N2O4. The summed E-state index contributed by atoms with van der Waals surface area (Å²) in [5, 5.41) is 0. The highest BCUT2D eigenvalue weighted by Crippen LogP contribution is 2.24. The molecule has 0 spiro atoms. The second kappa shape index (κ2) is 13.1. The van der Waals surface area contributed by atoms with Crippen molar-refractivity contribution >= 4 is 11.6 Å². The molecule has 8 heteroatoms. The van der Waals surface area contributed by atoms with Crippen molar-refractivity contribution in [1.29, 1.82) is 0 Å². The summed E-state index contributed by atoms with van der Waals surface area (Å²) in [7, 11) is 0. The van der Waals surface area contributed by atoms with E-state index in [1.807, 2.05) is 0 Å². The minimum absolute atomic E-state index is 0.0409. The van der Waals surface area contributed by atoms with Gasteiger partial charge in [0.2, 0.25) is 0 Å². The maximum absolute atomic E-state index is 13.5. The van der Waals surface area contributed by atoms with Crippen LogP contribution in [0, 0.1) is 23.5 Å². The zero-order valence-electron chi connectivity index (χ0n) is 20.5. The molecule has 0 aliphatic carbocycles. The number of halogens is 2. The van der Waals surface area contributed by atoms with Crippen LogP contribution < -0.4 is 0 Å². The van der Waals surface area contributed by atoms with Crippen LogP contribution in [0.25, 0.3) is 0 Å². The van der Waals surface area contributed by atoms with E-state index in [0.29, 0.717) is 63.5 Å². The Morgan fingerprint density at radius 2 is 0.972 bits per heavy atom. The number of hydrogen-bond donors (Lipinski definition) is 0. The molecule has 2 aliphatic heterocycles. The molecule has 194 valence electrons. The second-order valence-corrected chi connectivity index (χ2v) is 9.54. The summed E-state index contributed by atoms with van der Waals surface area (Å²) in [6.07, 6.45) is 1.05. The van der Waals surface area contributed by atoms with E-state index in [2.05, 4.69) is 9.80 Å². The Hall–Kier alpha value is -2.52. The topological polar surface area (TPSA) is 59.1 Å². The fourth-order valence-electron chi connectivity index (χ4n) is 4.90. The van der Waals surface area contributed by atoms with Gasteiger partial charge in [0, 0.05) is 62.2 Å². The Balaban J connectivity index is 1.51. The molecule has 0 saturated carbocycles. The molecule has 0 amide bonds. The van der Waals surface area contributed by atoms with E-state index >= 15 is 0 Å². The highest BCUT2D eigenvalue weighted by molar-refractivity contribution is 5.99. The Bertz CT molecular complexity index is 906. The van der Waals surface area contributed by atoms with E-state index in [1.165, 1.54) is 48.5 Å². The molecule has 2 fully saturated rings. The molecule has 0 aromatic heterocycles. The first-order valence-corrected chi connectivity index (χ1v) is 12.7. The summed E-state index contributed by atoms with van der Waals surface area (Å²) in [6.45, 7) is 6.62. The molecule has 2 saturated heterocycles. The van der Waals surface area contributed by atoms with E-state index in [0.717, 1.165) is 26.2 Å². The van der Waals surface area contributed by atoms with E-state index in [4.69, 9.17) is 9.47 Å². The van der Waals surface area contributed by atoms with Gasteiger partial charge in [0.25, 0.3) is 0 Å². The fourth-order valence-corrected chi connectivity index (χ4v) is 4.90. The lowest BCUT2D eigenvalue weighted by atomic mass is 9.86. The Morgan fingerprint density at radius 3 is 1.31 bits per heavy atom. The molecule has 0 N–H and O–H groups in total. The van der Waals surface area contributed by atoms with Crippen LogP contribution in [0.15, 0.2) is 48.5 Å². The van der Waals surface area contributed by atoms with Gasteiger partial charge >= 0.3 is 0 Å². The van der Waals surface area contributed by atoms with Crippen molar-refractivity contribution in [3.63, 3.8) is 0 Å². The van der Waals surface area contributed by atoms with Gasteiger partial charge < -0.3 is 9.47 Å². The Kier molecular flexibility index (Phi) is 9.69. The van der Waals surface area contributed by atoms with E-state index in [1.54, 1.807) is 0 Å². The second-order valence-electron chi connectivity index (χ2n) is 9.54. The molecule has 0 unspecified atom stereocenters. The zero-order valence-corrected chi connectivity index (χ0v) is 20.5. The summed E-state index contributed by atoms with van der Waals surface area (Å²) in [6, 6.07) is 11.3. The minimum Gasteiger partial charge on any atom is -0.379 e. The first-order valence-electron chi connectivity index (χ1n) is 12.7. The zero-order chi connectivity index (χ0) is 25.3. The van der Waals surface area contributed by atoms with Gasteiger partial charge in [-0.05, 0) is 61.4 Å². The molecule has 4 rings (SSSR count). The van der Waals surface area contributed by atoms with Gasteiger partial charge in [-0.1, -0.05) is 0 Å². The SMILES string of the molecule is O=C(c1ccc(F)cc1)[C@H](CC[C@@H](CN1CCOCC1)C(=O)c1ccc(F)cc1)CN1CCOCC1. The standard InChI is InChI=1S/C28H34F2N2O4/c29-25-7-3-21(4-8-25)27(33)23(19-31-11-15-35-16-12-31)1-2-24(20-32-13-17-36-18-14-32)28(34)22-5-9-26(30)10-6-22/h3-10,23-24H,1-2,11-20H2/t23-,24+. The highest BCUT2D eigenvalue weighted by atomic mass is 19.1. The summed E-state index contributed by atoms with van der Waals surface area (Å²) in [4.78, 5) is 31.4. The molecule has 2 aromatic carbocycles. The molecule has 2 atom stereocenters. The molecule has 0 bridgehead atoms. The van der Waals surface area contributed by atoms with Crippen LogP contribution in [-0.2, 0) is 9.47 Å². The number of rotatable bonds is 11. The summed E-state index contributed by atoms with van der Waals surface area (Å²) in [5.41, 5.74) is 0.952. The quantitative estimate of drug-likeness (QED) is 0.439. The van der Waals surface area contributed by atoms with Gasteiger partial charge in [-0.3, -0.25) is 19.4 Å². The first-order chi connectivity index (χ1) is 17.5. The van der Waals surface area contributed by atoms with Gasteiger partial charge in [0.15, 0.2) is 11.6 Å². The lowest BCUT2D eigenvalue weighted by Crippen LogP contribution is -2.42. The average molecular weight is 501 g/mol. The van der Waals surface area contributed by atoms with Crippen LogP contribution in [-0.4, -0.2) is 87.1 Å². The van der Waals surface area contributed by atoms with Crippen molar-refractivity contribution < 1.29 is 27.8 Å². The number of carbonyl (C=O) groups excluding carboxylic acids is 2.